The third kappa shape index (κ3) is 3.97. The molecule has 4 aromatic rings. The van der Waals surface area contributed by atoms with Crippen molar-refractivity contribution >= 4 is 34.7 Å². The van der Waals surface area contributed by atoms with Gasteiger partial charge >= 0.3 is 6.09 Å². The Morgan fingerprint density at radius 1 is 1.09 bits per heavy atom. The standard InChI is InChI=1S/C22H19FN6O3/c1-13-8-15(4-6-17(13)23)28(2)21(30)14-9-18-20(25-10-14)26-12-29(18)16-5-7-19(24-11-16)27-22(31)32-3/h4-12H,1-3H3,(H,24,27,31). The number of nitrogens with zero attached hydrogens (tertiary/aromatic N) is 5. The summed E-state index contributed by atoms with van der Waals surface area (Å²) in [6.07, 6.45) is 3.96. The molecular weight excluding hydrogens is 415 g/mol. The Morgan fingerprint density at radius 3 is 2.59 bits per heavy atom. The maximum atomic E-state index is 13.6. The first kappa shape index (κ1) is 20.9. The molecule has 0 aliphatic heterocycles. The van der Waals surface area contributed by atoms with E-state index in [0.717, 1.165) is 0 Å². The molecule has 0 atom stereocenters. The van der Waals surface area contributed by atoms with Gasteiger partial charge in [0.05, 0.1) is 30.1 Å². The number of nitrogens with one attached hydrogen (secondary N) is 1. The van der Waals surface area contributed by atoms with Crippen LogP contribution in [0.2, 0.25) is 0 Å². The molecule has 0 unspecified atom stereocenters. The second-order valence-corrected chi connectivity index (χ2v) is 7.00. The van der Waals surface area contributed by atoms with Gasteiger partial charge in [-0.25, -0.2) is 24.1 Å². The van der Waals surface area contributed by atoms with Gasteiger partial charge in [0.1, 0.15) is 18.0 Å². The van der Waals surface area contributed by atoms with Gasteiger partial charge in [-0.2, -0.15) is 0 Å². The fourth-order valence-electron chi connectivity index (χ4n) is 3.13. The number of anilines is 2. The lowest BCUT2D eigenvalue weighted by Gasteiger charge is -2.18. The van der Waals surface area contributed by atoms with E-state index in [0.29, 0.717) is 39.5 Å². The van der Waals surface area contributed by atoms with E-state index in [9.17, 15) is 14.0 Å². The van der Waals surface area contributed by atoms with E-state index >= 15 is 0 Å². The van der Waals surface area contributed by atoms with E-state index in [1.54, 1.807) is 61.4 Å². The third-order valence-corrected chi connectivity index (χ3v) is 4.92. The number of pyridine rings is 2. The Hall–Kier alpha value is -4.34. The Bertz CT molecular complexity index is 1320. The summed E-state index contributed by atoms with van der Waals surface area (Å²) >= 11 is 0. The first-order valence-corrected chi connectivity index (χ1v) is 9.56. The number of imidazole rings is 1. The third-order valence-electron chi connectivity index (χ3n) is 4.92. The van der Waals surface area contributed by atoms with Gasteiger partial charge in [0, 0.05) is 18.9 Å². The van der Waals surface area contributed by atoms with Crippen LogP contribution in [-0.4, -0.2) is 45.7 Å². The number of benzene rings is 1. The molecule has 0 fully saturated rings. The lowest BCUT2D eigenvalue weighted by Crippen LogP contribution is -2.26. The number of rotatable bonds is 4. The fourth-order valence-corrected chi connectivity index (χ4v) is 3.13. The first-order valence-electron chi connectivity index (χ1n) is 9.56. The molecule has 1 aromatic carbocycles. The van der Waals surface area contributed by atoms with Crippen molar-refractivity contribution in [1.82, 2.24) is 19.5 Å². The highest BCUT2D eigenvalue weighted by molar-refractivity contribution is 6.06. The van der Waals surface area contributed by atoms with Crippen LogP contribution in [-0.2, 0) is 4.74 Å². The molecule has 0 spiro atoms. The average molecular weight is 434 g/mol. The van der Waals surface area contributed by atoms with E-state index < -0.39 is 6.09 Å². The number of carbonyl (C=O) groups is 2. The molecular formula is C22H19FN6O3. The highest BCUT2D eigenvalue weighted by atomic mass is 19.1. The van der Waals surface area contributed by atoms with Crippen molar-refractivity contribution in [2.45, 2.75) is 6.92 Å². The molecule has 0 saturated heterocycles. The van der Waals surface area contributed by atoms with Crippen LogP contribution in [0.15, 0.2) is 55.1 Å². The highest BCUT2D eigenvalue weighted by Gasteiger charge is 2.17. The quantitative estimate of drug-likeness (QED) is 0.525. The van der Waals surface area contributed by atoms with Crippen molar-refractivity contribution in [3.63, 3.8) is 0 Å². The van der Waals surface area contributed by atoms with Crippen molar-refractivity contribution in [2.75, 3.05) is 24.4 Å². The molecule has 0 radical (unpaired) electrons. The van der Waals surface area contributed by atoms with Crippen LogP contribution in [0.25, 0.3) is 16.9 Å². The minimum atomic E-state index is -0.619. The van der Waals surface area contributed by atoms with E-state index in [1.807, 2.05) is 0 Å². The predicted octanol–water partition coefficient (Wildman–Crippen LogP) is 3.72. The lowest BCUT2D eigenvalue weighted by atomic mass is 10.1. The molecule has 3 aromatic heterocycles. The monoisotopic (exact) mass is 434 g/mol. The Morgan fingerprint density at radius 2 is 1.91 bits per heavy atom. The molecule has 162 valence electrons. The number of fused-ring (bicyclic) bond motifs is 1. The summed E-state index contributed by atoms with van der Waals surface area (Å²) in [5.41, 5.74) is 3.10. The summed E-state index contributed by atoms with van der Waals surface area (Å²) in [4.78, 5) is 38.5. The summed E-state index contributed by atoms with van der Waals surface area (Å²) < 4.78 is 19.9. The van der Waals surface area contributed by atoms with Crippen molar-refractivity contribution < 1.29 is 18.7 Å². The smallest absolute Gasteiger partial charge is 0.412 e. The molecule has 2 amide bonds. The first-order chi connectivity index (χ1) is 15.4. The number of aryl methyl sites for hydroxylation is 1. The van der Waals surface area contributed by atoms with Crippen LogP contribution in [0, 0.1) is 12.7 Å². The molecule has 0 saturated carbocycles. The number of amides is 2. The molecule has 9 nitrogen and oxygen atoms in total. The van der Waals surface area contributed by atoms with Gasteiger partial charge in [0.25, 0.3) is 5.91 Å². The fraction of sp³-hybridized carbons (Fsp3) is 0.136. The van der Waals surface area contributed by atoms with E-state index in [1.165, 1.54) is 24.3 Å². The maximum absolute atomic E-state index is 13.6. The van der Waals surface area contributed by atoms with Gasteiger partial charge in [0.2, 0.25) is 0 Å². The van der Waals surface area contributed by atoms with Crippen molar-refractivity contribution in [3.8, 4) is 5.69 Å². The van der Waals surface area contributed by atoms with Crippen LogP contribution in [0.4, 0.5) is 20.7 Å². The van der Waals surface area contributed by atoms with Gasteiger partial charge in [-0.05, 0) is 48.9 Å². The van der Waals surface area contributed by atoms with Crippen LogP contribution in [0.1, 0.15) is 15.9 Å². The Labute approximate surface area is 182 Å². The molecule has 4 rings (SSSR count). The molecule has 10 heteroatoms. The van der Waals surface area contributed by atoms with Crippen LogP contribution >= 0.6 is 0 Å². The highest BCUT2D eigenvalue weighted by Crippen LogP contribution is 2.22. The number of hydrogen-bond donors (Lipinski definition) is 1. The summed E-state index contributed by atoms with van der Waals surface area (Å²) in [5, 5.41) is 2.48. The molecule has 0 aliphatic carbocycles. The van der Waals surface area contributed by atoms with E-state index in [2.05, 4.69) is 25.0 Å². The zero-order chi connectivity index (χ0) is 22.8. The molecule has 0 bridgehead atoms. The van der Waals surface area contributed by atoms with Gasteiger partial charge in [-0.15, -0.1) is 0 Å². The SMILES string of the molecule is COC(=O)Nc1ccc(-n2cnc3ncc(C(=O)N(C)c4ccc(F)c(C)c4)cc32)cn1. The number of aromatic nitrogens is 4. The molecule has 0 aliphatic rings. The zero-order valence-corrected chi connectivity index (χ0v) is 17.5. The van der Waals surface area contributed by atoms with Gasteiger partial charge in [0.15, 0.2) is 5.65 Å². The molecule has 1 N–H and O–H groups in total. The zero-order valence-electron chi connectivity index (χ0n) is 17.5. The Kier molecular flexibility index (Phi) is 5.50. The van der Waals surface area contributed by atoms with Crippen molar-refractivity contribution in [2.24, 2.45) is 0 Å². The van der Waals surface area contributed by atoms with Crippen molar-refractivity contribution in [1.29, 1.82) is 0 Å². The normalized spacial score (nSPS) is 10.8. The van der Waals surface area contributed by atoms with Gasteiger partial charge < -0.3 is 9.64 Å². The summed E-state index contributed by atoms with van der Waals surface area (Å²) in [6, 6.07) is 9.53. The topological polar surface area (TPSA) is 102 Å². The maximum Gasteiger partial charge on any atom is 0.412 e. The summed E-state index contributed by atoms with van der Waals surface area (Å²) in [7, 11) is 2.88. The van der Waals surface area contributed by atoms with Crippen molar-refractivity contribution in [3.05, 3.63) is 72.1 Å². The van der Waals surface area contributed by atoms with E-state index in [4.69, 9.17) is 0 Å². The van der Waals surface area contributed by atoms with Crippen LogP contribution < -0.4 is 10.2 Å². The van der Waals surface area contributed by atoms with Gasteiger partial charge in [-0.3, -0.25) is 14.7 Å². The second kappa shape index (κ2) is 8.42. The summed E-state index contributed by atoms with van der Waals surface area (Å²) in [6.45, 7) is 1.64. The summed E-state index contributed by atoms with van der Waals surface area (Å²) in [5.74, 6) is -0.299. The largest absolute Gasteiger partial charge is 0.453 e. The average Bonchev–Trinajstić information content (AvgIpc) is 3.23. The minimum absolute atomic E-state index is 0.297. The number of hydrogen-bond acceptors (Lipinski definition) is 6. The number of carbonyl (C=O) groups excluding carboxylic acids is 2. The predicted molar refractivity (Wildman–Crippen MR) is 117 cm³/mol. The van der Waals surface area contributed by atoms with Crippen LogP contribution in [0.3, 0.4) is 0 Å². The molecule has 32 heavy (non-hydrogen) atoms. The Balaban J connectivity index is 1.64. The van der Waals surface area contributed by atoms with Crippen LogP contribution in [0.5, 0.6) is 0 Å². The number of halogens is 1. The minimum Gasteiger partial charge on any atom is -0.453 e. The molecule has 3 heterocycles. The number of methoxy groups -OCH3 is 1. The number of ether oxygens (including phenoxy) is 1. The van der Waals surface area contributed by atoms with E-state index in [-0.39, 0.29) is 11.7 Å². The van der Waals surface area contributed by atoms with Gasteiger partial charge in [-0.1, -0.05) is 0 Å². The lowest BCUT2D eigenvalue weighted by molar-refractivity contribution is 0.0992. The second-order valence-electron chi connectivity index (χ2n) is 7.00.